The first-order valence-electron chi connectivity index (χ1n) is 11.1. The fraction of sp³-hybridized carbons (Fsp3) is 0.385. The third-order valence-electron chi connectivity index (χ3n) is 4.99. The number of aryl methyl sites for hydroxylation is 1. The zero-order valence-corrected chi connectivity index (χ0v) is 19.3. The Kier molecular flexibility index (Phi) is 8.45. The van der Waals surface area contributed by atoms with Crippen LogP contribution in [0.15, 0.2) is 59.0 Å². The number of nitrogens with zero attached hydrogens (tertiary/aromatic N) is 1. The summed E-state index contributed by atoms with van der Waals surface area (Å²) in [5.41, 5.74) is 2.91. The number of esters is 1. The van der Waals surface area contributed by atoms with Crippen LogP contribution in [0.2, 0.25) is 0 Å². The monoisotopic (exact) mass is 436 g/mol. The van der Waals surface area contributed by atoms with Gasteiger partial charge in [-0.15, -0.1) is 0 Å². The molecule has 0 aliphatic rings. The highest BCUT2D eigenvalue weighted by molar-refractivity contribution is 5.76. The van der Waals surface area contributed by atoms with Crippen molar-refractivity contribution in [2.45, 2.75) is 52.6 Å². The van der Waals surface area contributed by atoms with E-state index in [4.69, 9.17) is 13.9 Å². The molecule has 1 N–H and O–H groups in total. The molecule has 0 aliphatic heterocycles. The predicted molar refractivity (Wildman–Crippen MR) is 125 cm³/mol. The summed E-state index contributed by atoms with van der Waals surface area (Å²) in [5, 5.41) is 3.28. The van der Waals surface area contributed by atoms with Crippen molar-refractivity contribution in [1.82, 2.24) is 10.3 Å². The molecule has 3 aromatic rings. The van der Waals surface area contributed by atoms with E-state index in [-0.39, 0.29) is 18.1 Å². The maximum absolute atomic E-state index is 12.2. The van der Waals surface area contributed by atoms with Gasteiger partial charge < -0.3 is 19.2 Å². The van der Waals surface area contributed by atoms with Crippen molar-refractivity contribution in [3.05, 3.63) is 71.6 Å². The van der Waals surface area contributed by atoms with E-state index < -0.39 is 0 Å². The molecule has 0 saturated carbocycles. The van der Waals surface area contributed by atoms with Gasteiger partial charge in [0.1, 0.15) is 17.6 Å². The molecule has 6 nitrogen and oxygen atoms in total. The Morgan fingerprint density at radius 1 is 1.09 bits per heavy atom. The second-order valence-corrected chi connectivity index (χ2v) is 7.96. The minimum Gasteiger partial charge on any atom is -0.493 e. The molecule has 0 saturated heterocycles. The fourth-order valence-corrected chi connectivity index (χ4v) is 3.44. The van der Waals surface area contributed by atoms with Crippen LogP contribution in [-0.4, -0.2) is 36.3 Å². The lowest BCUT2D eigenvalue weighted by Gasteiger charge is -2.20. The van der Waals surface area contributed by atoms with Crippen LogP contribution in [0.25, 0.3) is 11.5 Å². The largest absolute Gasteiger partial charge is 0.493 e. The van der Waals surface area contributed by atoms with Crippen LogP contribution < -0.4 is 10.1 Å². The molecule has 0 spiro atoms. The number of ether oxygens (including phenoxy) is 2. The first-order chi connectivity index (χ1) is 15.5. The molecule has 1 heterocycles. The first kappa shape index (κ1) is 23.5. The second-order valence-electron chi connectivity index (χ2n) is 7.96. The number of carbonyl (C=O) groups is 1. The van der Waals surface area contributed by atoms with E-state index in [1.165, 1.54) is 0 Å². The Labute approximate surface area is 190 Å². The fourth-order valence-electron chi connectivity index (χ4n) is 3.44. The third-order valence-corrected chi connectivity index (χ3v) is 4.99. The lowest BCUT2D eigenvalue weighted by atomic mass is 10.1. The predicted octanol–water partition coefficient (Wildman–Crippen LogP) is 4.74. The van der Waals surface area contributed by atoms with E-state index in [9.17, 15) is 4.79 Å². The summed E-state index contributed by atoms with van der Waals surface area (Å²) in [6.07, 6.45) is 1.23. The number of benzene rings is 2. The summed E-state index contributed by atoms with van der Waals surface area (Å²) in [6.45, 7) is 8.65. The standard InChI is InChI=1S/C26H32N2O4/c1-5-30-26(29)24(27-18(2)3)17-20-11-13-22(14-12-20)31-16-15-23-19(4)32-25(28-23)21-9-7-6-8-10-21/h6-14,18,24,27H,5,15-17H2,1-4H3/t24-/m0/s1. The molecular weight excluding hydrogens is 404 g/mol. The van der Waals surface area contributed by atoms with Gasteiger partial charge in [-0.2, -0.15) is 0 Å². The Hall–Kier alpha value is -3.12. The maximum Gasteiger partial charge on any atom is 0.323 e. The first-order valence-corrected chi connectivity index (χ1v) is 11.1. The minimum atomic E-state index is -0.365. The van der Waals surface area contributed by atoms with Crippen molar-refractivity contribution in [2.75, 3.05) is 13.2 Å². The Balaban J connectivity index is 1.54. The number of aromatic nitrogens is 1. The summed E-state index contributed by atoms with van der Waals surface area (Å²) in [7, 11) is 0. The van der Waals surface area contributed by atoms with Gasteiger partial charge in [0.15, 0.2) is 0 Å². The van der Waals surface area contributed by atoms with Crippen LogP contribution in [-0.2, 0) is 22.4 Å². The van der Waals surface area contributed by atoms with Crippen LogP contribution >= 0.6 is 0 Å². The second kappa shape index (κ2) is 11.5. The molecule has 0 fully saturated rings. The molecular formula is C26H32N2O4. The van der Waals surface area contributed by atoms with Crippen LogP contribution in [0.3, 0.4) is 0 Å². The van der Waals surface area contributed by atoms with E-state index in [1.54, 1.807) is 0 Å². The molecule has 6 heteroatoms. The smallest absolute Gasteiger partial charge is 0.323 e. The molecule has 0 aliphatic carbocycles. The zero-order chi connectivity index (χ0) is 22.9. The summed E-state index contributed by atoms with van der Waals surface area (Å²) in [4.78, 5) is 16.8. The van der Waals surface area contributed by atoms with Gasteiger partial charge in [-0.05, 0) is 50.1 Å². The van der Waals surface area contributed by atoms with E-state index in [0.717, 1.165) is 28.3 Å². The van der Waals surface area contributed by atoms with Crippen molar-refractivity contribution in [3.63, 3.8) is 0 Å². The summed E-state index contributed by atoms with van der Waals surface area (Å²) in [5.74, 6) is 2.00. The summed E-state index contributed by atoms with van der Waals surface area (Å²) < 4.78 is 16.9. The molecule has 3 rings (SSSR count). The highest BCUT2D eigenvalue weighted by Crippen LogP contribution is 2.22. The van der Waals surface area contributed by atoms with E-state index >= 15 is 0 Å². The van der Waals surface area contributed by atoms with Gasteiger partial charge in [-0.3, -0.25) is 4.79 Å². The van der Waals surface area contributed by atoms with Crippen molar-refractivity contribution in [3.8, 4) is 17.2 Å². The highest BCUT2D eigenvalue weighted by Gasteiger charge is 2.20. The number of hydrogen-bond donors (Lipinski definition) is 1. The van der Waals surface area contributed by atoms with Gasteiger partial charge in [0.2, 0.25) is 5.89 Å². The normalized spacial score (nSPS) is 12.0. The number of hydrogen-bond acceptors (Lipinski definition) is 6. The lowest BCUT2D eigenvalue weighted by Crippen LogP contribution is -2.43. The average molecular weight is 437 g/mol. The van der Waals surface area contributed by atoms with Crippen molar-refractivity contribution in [1.29, 1.82) is 0 Å². The van der Waals surface area contributed by atoms with Crippen molar-refractivity contribution >= 4 is 5.97 Å². The van der Waals surface area contributed by atoms with Gasteiger partial charge in [0, 0.05) is 18.0 Å². The number of rotatable bonds is 11. The van der Waals surface area contributed by atoms with Crippen molar-refractivity contribution < 1.29 is 18.7 Å². The van der Waals surface area contributed by atoms with Gasteiger partial charge in [0.25, 0.3) is 0 Å². The molecule has 0 radical (unpaired) electrons. The van der Waals surface area contributed by atoms with Crippen LogP contribution in [0.5, 0.6) is 5.75 Å². The van der Waals surface area contributed by atoms with E-state index in [0.29, 0.717) is 31.9 Å². The summed E-state index contributed by atoms with van der Waals surface area (Å²) >= 11 is 0. The van der Waals surface area contributed by atoms with Crippen LogP contribution in [0, 0.1) is 6.92 Å². The van der Waals surface area contributed by atoms with Gasteiger partial charge >= 0.3 is 5.97 Å². The topological polar surface area (TPSA) is 73.6 Å². The van der Waals surface area contributed by atoms with E-state index in [2.05, 4.69) is 10.3 Å². The molecule has 2 aromatic carbocycles. The van der Waals surface area contributed by atoms with Crippen molar-refractivity contribution in [2.24, 2.45) is 0 Å². The number of nitrogens with one attached hydrogen (secondary N) is 1. The SMILES string of the molecule is CCOC(=O)[C@H](Cc1ccc(OCCc2nc(-c3ccccc3)oc2C)cc1)NC(C)C. The summed E-state index contributed by atoms with van der Waals surface area (Å²) in [6, 6.07) is 17.5. The molecule has 1 atom stereocenters. The van der Waals surface area contributed by atoms with Gasteiger partial charge in [0.05, 0.1) is 18.9 Å². The Morgan fingerprint density at radius 3 is 2.47 bits per heavy atom. The zero-order valence-electron chi connectivity index (χ0n) is 19.3. The Morgan fingerprint density at radius 2 is 1.81 bits per heavy atom. The highest BCUT2D eigenvalue weighted by atomic mass is 16.5. The number of carbonyl (C=O) groups excluding carboxylic acids is 1. The quantitative estimate of drug-likeness (QED) is 0.438. The molecule has 1 aromatic heterocycles. The molecule has 32 heavy (non-hydrogen) atoms. The average Bonchev–Trinajstić information content (AvgIpc) is 3.15. The molecule has 0 unspecified atom stereocenters. The Bertz CT molecular complexity index is 981. The van der Waals surface area contributed by atoms with Crippen LogP contribution in [0.1, 0.15) is 37.8 Å². The maximum atomic E-state index is 12.2. The van der Waals surface area contributed by atoms with Crippen LogP contribution in [0.4, 0.5) is 0 Å². The molecule has 0 bridgehead atoms. The third kappa shape index (κ3) is 6.69. The lowest BCUT2D eigenvalue weighted by molar-refractivity contribution is -0.145. The van der Waals surface area contributed by atoms with Gasteiger partial charge in [-0.1, -0.05) is 44.2 Å². The van der Waals surface area contributed by atoms with E-state index in [1.807, 2.05) is 82.3 Å². The molecule has 170 valence electrons. The van der Waals surface area contributed by atoms with Gasteiger partial charge in [-0.25, -0.2) is 4.98 Å². The minimum absolute atomic E-state index is 0.189. The molecule has 0 amide bonds. The number of oxazole rings is 1.